The standard InChI is InChI=1S/C27H24O5S/c1-30-22-7-3-20(4-8-22)19-21-5-9-24(10-6-21)32-25-13-17-27(18-14-25)33(28,29)26-15-11-23(31-2)12-16-26/h3-18H,19H2,1-2H3. The van der Waals surface area contributed by atoms with Crippen LogP contribution in [-0.4, -0.2) is 22.6 Å². The molecule has 0 aliphatic rings. The van der Waals surface area contributed by atoms with Crippen molar-refractivity contribution in [1.82, 2.24) is 0 Å². The Morgan fingerprint density at radius 2 is 0.848 bits per heavy atom. The molecular formula is C27H24O5S. The van der Waals surface area contributed by atoms with Gasteiger partial charge in [-0.05, 0) is 90.3 Å². The Hall–Kier alpha value is -3.77. The number of rotatable bonds is 8. The van der Waals surface area contributed by atoms with Gasteiger partial charge in [-0.1, -0.05) is 24.3 Å². The Balaban J connectivity index is 1.42. The van der Waals surface area contributed by atoms with E-state index in [-0.39, 0.29) is 9.79 Å². The van der Waals surface area contributed by atoms with Gasteiger partial charge in [0.05, 0.1) is 24.0 Å². The lowest BCUT2D eigenvalue weighted by Gasteiger charge is -2.09. The van der Waals surface area contributed by atoms with Crippen molar-refractivity contribution in [2.45, 2.75) is 16.2 Å². The molecule has 0 saturated carbocycles. The van der Waals surface area contributed by atoms with Crippen molar-refractivity contribution in [2.75, 3.05) is 14.2 Å². The number of hydrogen-bond donors (Lipinski definition) is 0. The van der Waals surface area contributed by atoms with E-state index in [4.69, 9.17) is 14.2 Å². The Morgan fingerprint density at radius 3 is 1.24 bits per heavy atom. The summed E-state index contributed by atoms with van der Waals surface area (Å²) in [6, 6.07) is 28.6. The van der Waals surface area contributed by atoms with Crippen LogP contribution in [0.1, 0.15) is 11.1 Å². The van der Waals surface area contributed by atoms with Gasteiger partial charge < -0.3 is 14.2 Å². The lowest BCUT2D eigenvalue weighted by atomic mass is 10.0. The van der Waals surface area contributed by atoms with Gasteiger partial charge in [-0.3, -0.25) is 0 Å². The van der Waals surface area contributed by atoms with Gasteiger partial charge >= 0.3 is 0 Å². The molecule has 0 unspecified atom stereocenters. The van der Waals surface area contributed by atoms with Crippen molar-refractivity contribution in [3.63, 3.8) is 0 Å². The molecule has 168 valence electrons. The van der Waals surface area contributed by atoms with E-state index in [9.17, 15) is 8.42 Å². The van der Waals surface area contributed by atoms with Crippen LogP contribution in [0.2, 0.25) is 0 Å². The molecule has 0 radical (unpaired) electrons. The third kappa shape index (κ3) is 5.35. The van der Waals surface area contributed by atoms with Crippen molar-refractivity contribution >= 4 is 9.84 Å². The smallest absolute Gasteiger partial charge is 0.206 e. The molecule has 0 heterocycles. The highest BCUT2D eigenvalue weighted by Gasteiger charge is 2.17. The predicted molar refractivity (Wildman–Crippen MR) is 127 cm³/mol. The molecule has 6 heteroatoms. The lowest BCUT2D eigenvalue weighted by Crippen LogP contribution is -2.01. The van der Waals surface area contributed by atoms with Crippen molar-refractivity contribution in [3.05, 3.63) is 108 Å². The van der Waals surface area contributed by atoms with Crippen LogP contribution in [0.25, 0.3) is 0 Å². The van der Waals surface area contributed by atoms with Crippen LogP contribution in [0.3, 0.4) is 0 Å². The molecule has 4 aromatic rings. The first-order chi connectivity index (χ1) is 16.0. The van der Waals surface area contributed by atoms with Crippen LogP contribution in [0.15, 0.2) is 107 Å². The summed E-state index contributed by atoms with van der Waals surface area (Å²) in [6.07, 6.45) is 0.808. The van der Waals surface area contributed by atoms with Gasteiger partial charge in [0, 0.05) is 0 Å². The van der Waals surface area contributed by atoms with Gasteiger partial charge in [-0.2, -0.15) is 0 Å². The number of sulfone groups is 1. The summed E-state index contributed by atoms with van der Waals surface area (Å²) in [4.78, 5) is 0.416. The lowest BCUT2D eigenvalue weighted by molar-refractivity contribution is 0.414. The second-order valence-corrected chi connectivity index (χ2v) is 9.37. The number of ether oxygens (including phenoxy) is 3. The minimum atomic E-state index is -3.61. The summed E-state index contributed by atoms with van der Waals surface area (Å²) in [7, 11) is -0.420. The summed E-state index contributed by atoms with van der Waals surface area (Å²) in [5.41, 5.74) is 2.35. The van der Waals surface area contributed by atoms with Crippen molar-refractivity contribution < 1.29 is 22.6 Å². The van der Waals surface area contributed by atoms with Crippen LogP contribution in [0.5, 0.6) is 23.0 Å². The fourth-order valence-corrected chi connectivity index (χ4v) is 4.63. The largest absolute Gasteiger partial charge is 0.497 e. The van der Waals surface area contributed by atoms with Crippen molar-refractivity contribution in [3.8, 4) is 23.0 Å². The van der Waals surface area contributed by atoms with E-state index in [1.165, 1.54) is 24.8 Å². The monoisotopic (exact) mass is 460 g/mol. The Kier molecular flexibility index (Phi) is 6.66. The highest BCUT2D eigenvalue weighted by atomic mass is 32.2. The first-order valence-electron chi connectivity index (χ1n) is 10.4. The van der Waals surface area contributed by atoms with Gasteiger partial charge in [0.2, 0.25) is 9.84 Å². The molecule has 0 saturated heterocycles. The number of benzene rings is 4. The summed E-state index contributed by atoms with van der Waals surface area (Å²) < 4.78 is 41.8. The molecule has 0 amide bonds. The Bertz CT molecular complexity index is 1290. The van der Waals surface area contributed by atoms with E-state index >= 15 is 0 Å². The summed E-state index contributed by atoms with van der Waals surface area (Å²) in [5, 5.41) is 0. The normalized spacial score (nSPS) is 11.1. The van der Waals surface area contributed by atoms with Gasteiger partial charge in [-0.25, -0.2) is 8.42 Å². The molecule has 0 spiro atoms. The number of methoxy groups -OCH3 is 2. The molecule has 4 rings (SSSR count). The summed E-state index contributed by atoms with van der Waals surface area (Å²) in [5.74, 6) is 2.68. The SMILES string of the molecule is COc1ccc(Cc2ccc(Oc3ccc(S(=O)(=O)c4ccc(OC)cc4)cc3)cc2)cc1. The molecular weight excluding hydrogens is 436 g/mol. The zero-order chi connectivity index (χ0) is 23.3. The molecule has 0 aromatic heterocycles. The maximum Gasteiger partial charge on any atom is 0.206 e. The van der Waals surface area contributed by atoms with Crippen LogP contribution < -0.4 is 14.2 Å². The summed E-state index contributed by atoms with van der Waals surface area (Å²) in [6.45, 7) is 0. The van der Waals surface area contributed by atoms with Crippen LogP contribution in [0, 0.1) is 0 Å². The van der Waals surface area contributed by atoms with Gasteiger partial charge in [0.15, 0.2) is 0 Å². The third-order valence-corrected chi connectivity index (χ3v) is 7.02. The highest BCUT2D eigenvalue weighted by Crippen LogP contribution is 2.27. The minimum absolute atomic E-state index is 0.204. The Morgan fingerprint density at radius 1 is 0.515 bits per heavy atom. The third-order valence-electron chi connectivity index (χ3n) is 5.23. The van der Waals surface area contributed by atoms with E-state index in [0.29, 0.717) is 17.2 Å². The topological polar surface area (TPSA) is 61.8 Å². The minimum Gasteiger partial charge on any atom is -0.497 e. The first-order valence-corrected chi connectivity index (χ1v) is 11.9. The molecule has 0 aliphatic carbocycles. The van der Waals surface area contributed by atoms with Crippen molar-refractivity contribution in [2.24, 2.45) is 0 Å². The average molecular weight is 461 g/mol. The molecule has 0 bridgehead atoms. The molecule has 33 heavy (non-hydrogen) atoms. The zero-order valence-electron chi connectivity index (χ0n) is 18.4. The fraction of sp³-hybridized carbons (Fsp3) is 0.111. The molecule has 4 aromatic carbocycles. The van der Waals surface area contributed by atoms with E-state index in [1.807, 2.05) is 48.5 Å². The Labute approximate surface area is 194 Å². The second kappa shape index (κ2) is 9.79. The quantitative estimate of drug-likeness (QED) is 0.327. The van der Waals surface area contributed by atoms with E-state index in [1.54, 1.807) is 43.5 Å². The van der Waals surface area contributed by atoms with Crippen LogP contribution in [-0.2, 0) is 16.3 Å². The van der Waals surface area contributed by atoms with Crippen LogP contribution in [0.4, 0.5) is 0 Å². The van der Waals surface area contributed by atoms with Crippen molar-refractivity contribution in [1.29, 1.82) is 0 Å². The van der Waals surface area contributed by atoms with Gasteiger partial charge in [0.1, 0.15) is 23.0 Å². The fourth-order valence-electron chi connectivity index (χ4n) is 3.37. The summed E-state index contributed by atoms with van der Waals surface area (Å²) >= 11 is 0. The number of hydrogen-bond acceptors (Lipinski definition) is 5. The molecule has 0 N–H and O–H groups in total. The zero-order valence-corrected chi connectivity index (χ0v) is 19.2. The molecule has 0 fully saturated rings. The van der Waals surface area contributed by atoms with Crippen LogP contribution >= 0.6 is 0 Å². The van der Waals surface area contributed by atoms with E-state index < -0.39 is 9.84 Å². The first kappa shape index (κ1) is 22.4. The average Bonchev–Trinajstić information content (AvgIpc) is 2.86. The molecule has 0 aliphatic heterocycles. The highest BCUT2D eigenvalue weighted by molar-refractivity contribution is 7.91. The molecule has 5 nitrogen and oxygen atoms in total. The predicted octanol–water partition coefficient (Wildman–Crippen LogP) is 5.92. The van der Waals surface area contributed by atoms with Gasteiger partial charge in [-0.15, -0.1) is 0 Å². The van der Waals surface area contributed by atoms with Gasteiger partial charge in [0.25, 0.3) is 0 Å². The second-order valence-electron chi connectivity index (χ2n) is 7.42. The van der Waals surface area contributed by atoms with E-state index in [2.05, 4.69) is 0 Å². The maximum absolute atomic E-state index is 12.8. The maximum atomic E-state index is 12.8. The molecule has 0 atom stereocenters. The van der Waals surface area contributed by atoms with E-state index in [0.717, 1.165) is 17.7 Å².